The topological polar surface area (TPSA) is 101 Å². The third kappa shape index (κ3) is 8.54. The molecule has 21 heavy (non-hydrogen) atoms. The van der Waals surface area contributed by atoms with Gasteiger partial charge >= 0.3 is 0 Å². The Balaban J connectivity index is 0.00000400. The second-order valence-corrected chi connectivity index (χ2v) is 6.73. The van der Waals surface area contributed by atoms with Gasteiger partial charge in [0.2, 0.25) is 15.9 Å². The summed E-state index contributed by atoms with van der Waals surface area (Å²) in [5.74, 6) is -0.340. The van der Waals surface area contributed by atoms with Crippen molar-refractivity contribution in [3.05, 3.63) is 29.8 Å². The molecule has 0 atom stereocenters. The van der Waals surface area contributed by atoms with Crippen LogP contribution < -0.4 is 15.8 Å². The van der Waals surface area contributed by atoms with Crippen LogP contribution in [0.25, 0.3) is 0 Å². The fourth-order valence-corrected chi connectivity index (χ4v) is 2.83. The highest BCUT2D eigenvalue weighted by atomic mass is 35.5. The van der Waals surface area contributed by atoms with E-state index in [1.165, 1.54) is 0 Å². The first-order valence-corrected chi connectivity index (χ1v) is 8.05. The van der Waals surface area contributed by atoms with E-state index in [0.717, 1.165) is 5.56 Å². The fraction of sp³-hybridized carbons (Fsp3) is 0.462. The van der Waals surface area contributed by atoms with E-state index in [1.54, 1.807) is 38.1 Å². The minimum absolute atomic E-state index is 0. The van der Waals surface area contributed by atoms with E-state index in [9.17, 15) is 13.2 Å². The first kappa shape index (κ1) is 19.7. The number of nitrogen functional groups attached to an aromatic ring is 1. The van der Waals surface area contributed by atoms with Gasteiger partial charge in [-0.3, -0.25) is 4.79 Å². The Morgan fingerprint density at radius 1 is 1.24 bits per heavy atom. The Hall–Kier alpha value is -1.31. The molecular weight excluding hydrogens is 314 g/mol. The molecular formula is C13H22ClN3O3S. The van der Waals surface area contributed by atoms with Crippen molar-refractivity contribution < 1.29 is 13.2 Å². The maximum absolute atomic E-state index is 11.6. The number of sulfonamides is 1. The maximum Gasteiger partial charge on any atom is 0.224 e. The smallest absolute Gasteiger partial charge is 0.224 e. The quantitative estimate of drug-likeness (QED) is 0.638. The van der Waals surface area contributed by atoms with Crippen molar-refractivity contribution >= 4 is 34.0 Å². The zero-order valence-electron chi connectivity index (χ0n) is 12.1. The standard InChI is InChI=1S/C13H21N3O3S.ClH/c1-10(2)16-20(18,19)8-7-15-13(17)9-11-3-5-12(14)6-4-11;/h3-6,10,16H,7-9,14H2,1-2H3,(H,15,17);1H. The molecule has 0 bridgehead atoms. The molecule has 4 N–H and O–H groups in total. The molecule has 0 fully saturated rings. The second-order valence-electron chi connectivity index (χ2n) is 4.86. The zero-order valence-corrected chi connectivity index (χ0v) is 13.8. The number of amides is 1. The lowest BCUT2D eigenvalue weighted by Crippen LogP contribution is -2.37. The number of rotatable bonds is 7. The largest absolute Gasteiger partial charge is 0.399 e. The summed E-state index contributed by atoms with van der Waals surface area (Å²) in [5.41, 5.74) is 7.02. The average molecular weight is 336 g/mol. The number of hydrogen-bond donors (Lipinski definition) is 3. The molecule has 0 radical (unpaired) electrons. The number of nitrogens with one attached hydrogen (secondary N) is 2. The minimum atomic E-state index is -3.34. The monoisotopic (exact) mass is 335 g/mol. The van der Waals surface area contributed by atoms with Crippen LogP contribution in [0.4, 0.5) is 5.69 Å². The summed E-state index contributed by atoms with van der Waals surface area (Å²) < 4.78 is 25.5. The lowest BCUT2D eigenvalue weighted by Gasteiger charge is -2.10. The summed E-state index contributed by atoms with van der Waals surface area (Å²) in [4.78, 5) is 11.6. The van der Waals surface area contributed by atoms with Crippen molar-refractivity contribution in [1.29, 1.82) is 0 Å². The van der Waals surface area contributed by atoms with Gasteiger partial charge in [-0.05, 0) is 31.5 Å². The Kier molecular flexibility index (Phi) is 8.31. The summed E-state index contributed by atoms with van der Waals surface area (Å²) in [6.07, 6.45) is 0.206. The predicted octanol–water partition coefficient (Wildman–Crippen LogP) is 0.677. The summed E-state index contributed by atoms with van der Waals surface area (Å²) in [6.45, 7) is 3.59. The number of hydrogen-bond acceptors (Lipinski definition) is 4. The second kappa shape index (κ2) is 8.86. The van der Waals surface area contributed by atoms with E-state index in [1.807, 2.05) is 0 Å². The molecule has 1 rings (SSSR count). The van der Waals surface area contributed by atoms with Crippen LogP contribution in [-0.4, -0.2) is 32.7 Å². The van der Waals surface area contributed by atoms with Gasteiger partial charge in [-0.15, -0.1) is 12.4 Å². The summed E-state index contributed by atoms with van der Waals surface area (Å²) in [6, 6.07) is 6.84. The van der Waals surface area contributed by atoms with Gasteiger partial charge in [0.25, 0.3) is 0 Å². The van der Waals surface area contributed by atoms with E-state index in [2.05, 4.69) is 10.0 Å². The van der Waals surface area contributed by atoms with Gasteiger partial charge in [0, 0.05) is 18.3 Å². The molecule has 0 unspecified atom stereocenters. The van der Waals surface area contributed by atoms with Crippen LogP contribution in [0.1, 0.15) is 19.4 Å². The molecule has 0 aliphatic rings. The van der Waals surface area contributed by atoms with Crippen LogP contribution in [0, 0.1) is 0 Å². The van der Waals surface area contributed by atoms with Gasteiger partial charge < -0.3 is 11.1 Å². The SMILES string of the molecule is CC(C)NS(=O)(=O)CCNC(=O)Cc1ccc(N)cc1.Cl. The predicted molar refractivity (Wildman–Crippen MR) is 86.9 cm³/mol. The van der Waals surface area contributed by atoms with Crippen LogP contribution in [0.3, 0.4) is 0 Å². The van der Waals surface area contributed by atoms with Gasteiger partial charge in [0.1, 0.15) is 0 Å². The number of carbonyl (C=O) groups excluding carboxylic acids is 1. The van der Waals surface area contributed by atoms with Gasteiger partial charge in [-0.1, -0.05) is 12.1 Å². The fourth-order valence-electron chi connectivity index (χ4n) is 1.63. The molecule has 1 aromatic rings. The highest BCUT2D eigenvalue weighted by Gasteiger charge is 2.12. The van der Waals surface area contributed by atoms with E-state index in [0.29, 0.717) is 5.69 Å². The first-order valence-electron chi connectivity index (χ1n) is 6.39. The van der Waals surface area contributed by atoms with E-state index >= 15 is 0 Å². The van der Waals surface area contributed by atoms with Gasteiger partial charge in [-0.25, -0.2) is 13.1 Å². The average Bonchev–Trinajstić information content (AvgIpc) is 2.30. The molecule has 1 amide bonds. The van der Waals surface area contributed by atoms with Crippen LogP contribution >= 0.6 is 12.4 Å². The highest BCUT2D eigenvalue weighted by Crippen LogP contribution is 2.05. The molecule has 1 aromatic carbocycles. The zero-order chi connectivity index (χ0) is 15.2. The molecule has 0 aliphatic carbocycles. The van der Waals surface area contributed by atoms with Crippen molar-refractivity contribution in [2.75, 3.05) is 18.0 Å². The summed E-state index contributed by atoms with van der Waals surface area (Å²) >= 11 is 0. The van der Waals surface area contributed by atoms with Crippen molar-refractivity contribution in [1.82, 2.24) is 10.0 Å². The Morgan fingerprint density at radius 3 is 2.33 bits per heavy atom. The van der Waals surface area contributed by atoms with Crippen LogP contribution in [0.15, 0.2) is 24.3 Å². The Labute approximate surface area is 132 Å². The Morgan fingerprint density at radius 2 is 1.81 bits per heavy atom. The molecule has 120 valence electrons. The van der Waals surface area contributed by atoms with E-state index in [4.69, 9.17) is 5.73 Å². The molecule has 0 saturated heterocycles. The summed E-state index contributed by atoms with van der Waals surface area (Å²) in [7, 11) is -3.34. The van der Waals surface area contributed by atoms with Crippen molar-refractivity contribution in [3.8, 4) is 0 Å². The normalized spacial score (nSPS) is 11.0. The lowest BCUT2D eigenvalue weighted by molar-refractivity contribution is -0.120. The molecule has 0 saturated carbocycles. The third-order valence-electron chi connectivity index (χ3n) is 2.45. The molecule has 0 aliphatic heterocycles. The number of anilines is 1. The van der Waals surface area contributed by atoms with E-state index in [-0.39, 0.29) is 43.1 Å². The van der Waals surface area contributed by atoms with Gasteiger partial charge in [-0.2, -0.15) is 0 Å². The Bertz CT molecular complexity index is 544. The van der Waals surface area contributed by atoms with Gasteiger partial charge in [0.05, 0.1) is 12.2 Å². The van der Waals surface area contributed by atoms with Crippen LogP contribution in [0.2, 0.25) is 0 Å². The third-order valence-corrected chi connectivity index (χ3v) is 4.02. The molecule has 0 aromatic heterocycles. The molecule has 8 heteroatoms. The van der Waals surface area contributed by atoms with Gasteiger partial charge in [0.15, 0.2) is 0 Å². The highest BCUT2D eigenvalue weighted by molar-refractivity contribution is 7.89. The van der Waals surface area contributed by atoms with E-state index < -0.39 is 10.0 Å². The van der Waals surface area contributed by atoms with Crippen LogP contribution in [-0.2, 0) is 21.2 Å². The number of nitrogens with two attached hydrogens (primary N) is 1. The maximum atomic E-state index is 11.6. The lowest BCUT2D eigenvalue weighted by atomic mass is 10.1. The number of halogens is 1. The number of carbonyl (C=O) groups is 1. The van der Waals surface area contributed by atoms with Crippen molar-refractivity contribution in [3.63, 3.8) is 0 Å². The number of benzene rings is 1. The molecule has 0 heterocycles. The summed E-state index contributed by atoms with van der Waals surface area (Å²) in [5, 5.41) is 2.59. The molecule has 0 spiro atoms. The minimum Gasteiger partial charge on any atom is -0.399 e. The van der Waals surface area contributed by atoms with Crippen molar-refractivity contribution in [2.45, 2.75) is 26.3 Å². The molecule has 6 nitrogen and oxygen atoms in total. The first-order chi connectivity index (χ1) is 9.28. The van der Waals surface area contributed by atoms with Crippen molar-refractivity contribution in [2.24, 2.45) is 0 Å². The van der Waals surface area contributed by atoms with Crippen LogP contribution in [0.5, 0.6) is 0 Å².